The molecular weight excluding hydrogens is 390 g/mol. The number of carbonyl (C=O) groups is 1. The van der Waals surface area contributed by atoms with E-state index in [1.54, 1.807) is 24.3 Å². The van der Waals surface area contributed by atoms with Gasteiger partial charge in [0.05, 0.1) is 4.47 Å². The van der Waals surface area contributed by atoms with Crippen LogP contribution in [0.15, 0.2) is 39.3 Å². The Morgan fingerprint density at radius 2 is 1.74 bits per heavy atom. The van der Waals surface area contributed by atoms with Gasteiger partial charge in [0.1, 0.15) is 5.75 Å². The van der Waals surface area contributed by atoms with Gasteiger partial charge in [-0.2, -0.15) is 8.78 Å². The standard InChI is InChI=1S/C12H6Br2F2O3/c13-8-5-9(14)10(19-12(15,16)11(17)18)7-4-2-1-3-6(7)8/h1-5H,(H,17,18). The predicted molar refractivity (Wildman–Crippen MR) is 72.6 cm³/mol. The fourth-order valence-corrected chi connectivity index (χ4v) is 2.95. The Morgan fingerprint density at radius 1 is 1.16 bits per heavy atom. The number of alkyl halides is 2. The van der Waals surface area contributed by atoms with Crippen molar-refractivity contribution in [1.29, 1.82) is 0 Å². The molecule has 2 aromatic rings. The number of carboxylic acid groups (broad SMARTS) is 1. The van der Waals surface area contributed by atoms with E-state index >= 15 is 0 Å². The van der Waals surface area contributed by atoms with E-state index in [0.29, 0.717) is 15.2 Å². The summed E-state index contributed by atoms with van der Waals surface area (Å²) in [5, 5.41) is 9.44. The smallest absolute Gasteiger partial charge is 0.474 e. The van der Waals surface area contributed by atoms with E-state index in [1.807, 2.05) is 0 Å². The van der Waals surface area contributed by atoms with Crippen molar-refractivity contribution in [2.45, 2.75) is 6.11 Å². The molecule has 0 aliphatic heterocycles. The molecular formula is C12H6Br2F2O3. The molecule has 1 N–H and O–H groups in total. The van der Waals surface area contributed by atoms with Crippen LogP contribution in [-0.4, -0.2) is 17.2 Å². The first kappa shape index (κ1) is 14.2. The van der Waals surface area contributed by atoms with E-state index in [9.17, 15) is 13.6 Å². The number of ether oxygens (including phenoxy) is 1. The fraction of sp³-hybridized carbons (Fsp3) is 0.0833. The van der Waals surface area contributed by atoms with E-state index in [2.05, 4.69) is 36.6 Å². The molecule has 0 radical (unpaired) electrons. The van der Waals surface area contributed by atoms with Gasteiger partial charge < -0.3 is 9.84 Å². The highest BCUT2D eigenvalue weighted by atomic mass is 79.9. The molecule has 100 valence electrons. The zero-order valence-corrected chi connectivity index (χ0v) is 12.3. The summed E-state index contributed by atoms with van der Waals surface area (Å²) in [4.78, 5) is 10.4. The second kappa shape index (κ2) is 5.05. The topological polar surface area (TPSA) is 46.5 Å². The lowest BCUT2D eigenvalue weighted by molar-refractivity contribution is -0.210. The monoisotopic (exact) mass is 394 g/mol. The molecule has 0 saturated carbocycles. The number of carboxylic acids is 1. The van der Waals surface area contributed by atoms with Gasteiger partial charge in [-0.25, -0.2) is 4.79 Å². The van der Waals surface area contributed by atoms with Gasteiger partial charge in [0.25, 0.3) is 0 Å². The molecule has 0 spiro atoms. The molecule has 7 heteroatoms. The maximum atomic E-state index is 13.2. The summed E-state index contributed by atoms with van der Waals surface area (Å²) in [5.41, 5.74) is 0. The molecule has 0 heterocycles. The Kier molecular flexibility index (Phi) is 3.78. The third-order valence-electron chi connectivity index (χ3n) is 2.38. The predicted octanol–water partition coefficient (Wildman–Crippen LogP) is 4.42. The van der Waals surface area contributed by atoms with Gasteiger partial charge in [0.2, 0.25) is 0 Å². The van der Waals surface area contributed by atoms with Gasteiger partial charge in [-0.05, 0) is 27.4 Å². The van der Waals surface area contributed by atoms with Crippen molar-refractivity contribution >= 4 is 48.6 Å². The van der Waals surface area contributed by atoms with E-state index in [-0.39, 0.29) is 10.2 Å². The molecule has 19 heavy (non-hydrogen) atoms. The zero-order chi connectivity index (χ0) is 14.2. The third kappa shape index (κ3) is 2.71. The third-order valence-corrected chi connectivity index (χ3v) is 3.62. The largest absolute Gasteiger partial charge is 0.501 e. The Morgan fingerprint density at radius 3 is 2.32 bits per heavy atom. The van der Waals surface area contributed by atoms with Crippen LogP contribution in [0.3, 0.4) is 0 Å². The van der Waals surface area contributed by atoms with Gasteiger partial charge in [0, 0.05) is 9.86 Å². The van der Waals surface area contributed by atoms with Crippen molar-refractivity contribution in [1.82, 2.24) is 0 Å². The summed E-state index contributed by atoms with van der Waals surface area (Å²) < 4.78 is 31.7. The number of rotatable bonds is 3. The number of benzene rings is 2. The van der Waals surface area contributed by atoms with Crippen LogP contribution in [0.2, 0.25) is 0 Å². The van der Waals surface area contributed by atoms with E-state index < -0.39 is 12.1 Å². The van der Waals surface area contributed by atoms with Crippen molar-refractivity contribution in [3.63, 3.8) is 0 Å². The average molecular weight is 396 g/mol. The molecule has 0 bridgehead atoms. The minimum Gasteiger partial charge on any atom is -0.474 e. The van der Waals surface area contributed by atoms with Crippen LogP contribution in [0.1, 0.15) is 0 Å². The van der Waals surface area contributed by atoms with Crippen molar-refractivity contribution in [3.05, 3.63) is 39.3 Å². The summed E-state index contributed by atoms with van der Waals surface area (Å²) in [6, 6.07) is 8.18. The Balaban J connectivity index is 2.64. The van der Waals surface area contributed by atoms with Gasteiger partial charge in [-0.3, -0.25) is 0 Å². The van der Waals surface area contributed by atoms with Crippen molar-refractivity contribution in [2.24, 2.45) is 0 Å². The number of aliphatic carboxylic acids is 1. The number of hydrogen-bond donors (Lipinski definition) is 1. The quantitative estimate of drug-likeness (QED) is 0.836. The highest BCUT2D eigenvalue weighted by molar-refractivity contribution is 9.11. The lowest BCUT2D eigenvalue weighted by Gasteiger charge is -2.17. The SMILES string of the molecule is O=C(O)C(F)(F)Oc1c(Br)cc(Br)c2ccccc12. The fourth-order valence-electron chi connectivity index (χ4n) is 1.55. The van der Waals surface area contributed by atoms with Crippen molar-refractivity contribution < 1.29 is 23.4 Å². The molecule has 3 nitrogen and oxygen atoms in total. The summed E-state index contributed by atoms with van der Waals surface area (Å²) in [5.74, 6) is -2.56. The van der Waals surface area contributed by atoms with Crippen LogP contribution in [0.5, 0.6) is 5.75 Å². The lowest BCUT2D eigenvalue weighted by Crippen LogP contribution is -2.35. The summed E-state index contributed by atoms with van der Waals surface area (Å²) in [6.45, 7) is 0. The van der Waals surface area contributed by atoms with Gasteiger partial charge >= 0.3 is 12.1 Å². The number of fused-ring (bicyclic) bond motifs is 1. The molecule has 0 saturated heterocycles. The zero-order valence-electron chi connectivity index (χ0n) is 9.16. The van der Waals surface area contributed by atoms with Crippen LogP contribution in [-0.2, 0) is 4.79 Å². The number of halogens is 4. The molecule has 0 aliphatic carbocycles. The molecule has 0 amide bonds. The van der Waals surface area contributed by atoms with Crippen LogP contribution < -0.4 is 4.74 Å². The maximum Gasteiger partial charge on any atom is 0.501 e. The maximum absolute atomic E-state index is 13.2. The summed E-state index contributed by atoms with van der Waals surface area (Å²) in [7, 11) is 0. The molecule has 2 aromatic carbocycles. The summed E-state index contributed by atoms with van der Waals surface area (Å²) in [6.07, 6.45) is -4.29. The van der Waals surface area contributed by atoms with Crippen LogP contribution in [0.4, 0.5) is 8.78 Å². The van der Waals surface area contributed by atoms with Crippen LogP contribution in [0, 0.1) is 0 Å². The molecule has 0 atom stereocenters. The van der Waals surface area contributed by atoms with Gasteiger partial charge in [-0.1, -0.05) is 40.2 Å². The molecule has 0 aromatic heterocycles. The van der Waals surface area contributed by atoms with Crippen LogP contribution in [0.25, 0.3) is 10.8 Å². The number of hydrogen-bond acceptors (Lipinski definition) is 2. The first-order chi connectivity index (χ1) is 8.83. The molecule has 0 fully saturated rings. The normalized spacial score (nSPS) is 11.6. The van der Waals surface area contributed by atoms with Gasteiger partial charge in [-0.15, -0.1) is 0 Å². The second-order valence-electron chi connectivity index (χ2n) is 3.64. The lowest BCUT2D eigenvalue weighted by atomic mass is 10.1. The molecule has 2 rings (SSSR count). The van der Waals surface area contributed by atoms with E-state index in [4.69, 9.17) is 5.11 Å². The Labute approximate surface area is 123 Å². The Bertz CT molecular complexity index is 659. The first-order valence-electron chi connectivity index (χ1n) is 5.00. The van der Waals surface area contributed by atoms with Crippen molar-refractivity contribution in [2.75, 3.05) is 0 Å². The van der Waals surface area contributed by atoms with Gasteiger partial charge in [0.15, 0.2) is 0 Å². The highest BCUT2D eigenvalue weighted by Gasteiger charge is 2.43. The molecule has 0 aliphatic rings. The van der Waals surface area contributed by atoms with Crippen LogP contribution >= 0.6 is 31.9 Å². The molecule has 0 unspecified atom stereocenters. The summed E-state index contributed by atoms with van der Waals surface area (Å²) >= 11 is 6.39. The minimum atomic E-state index is -4.29. The van der Waals surface area contributed by atoms with E-state index in [0.717, 1.165) is 0 Å². The van der Waals surface area contributed by atoms with Crippen molar-refractivity contribution in [3.8, 4) is 5.75 Å². The average Bonchev–Trinajstić information content (AvgIpc) is 2.34. The Hall–Kier alpha value is -1.21. The highest BCUT2D eigenvalue weighted by Crippen LogP contribution is 2.40. The second-order valence-corrected chi connectivity index (χ2v) is 5.35. The minimum absolute atomic E-state index is 0.216. The first-order valence-corrected chi connectivity index (χ1v) is 6.58. The van der Waals surface area contributed by atoms with E-state index in [1.165, 1.54) is 6.07 Å².